The normalized spacial score (nSPS) is 15.9. The van der Waals surface area contributed by atoms with E-state index >= 15 is 0 Å². The first-order chi connectivity index (χ1) is 27.2. The molecule has 0 radical (unpaired) electrons. The van der Waals surface area contributed by atoms with Crippen LogP contribution in [0.1, 0.15) is 71.5 Å². The molecule has 6 aromatic rings. The van der Waals surface area contributed by atoms with Crippen molar-refractivity contribution in [2.45, 2.75) is 51.1 Å². The molecule has 1 saturated heterocycles. The standard InChI is InChI=1S/C44H43Cl3N6O3/c1-27(33-16-14-30(45)24-35(33)47)53-26-48-40(28-9-5-3-6-10-28)42(53)39-34-17-15-31(46)25-36(34)49-41(39)43(54)50-37-23-29(44(55)56-2)13-18-38(37)52-21-19-51(20-22-52)32-11-7-4-8-12-32/h3,5-6,9-10,13-18,23-27,32,49H,4,7-8,11-12,19-22H2,1-2H3,(H,50,54)/t27-/m0/s1. The fraction of sp³-hybridized carbons (Fsp3) is 0.295. The predicted octanol–water partition coefficient (Wildman–Crippen LogP) is 10.8. The van der Waals surface area contributed by atoms with Gasteiger partial charge in [0.2, 0.25) is 0 Å². The molecule has 8 rings (SSSR count). The zero-order valence-electron chi connectivity index (χ0n) is 31.3. The van der Waals surface area contributed by atoms with Crippen LogP contribution in [0.4, 0.5) is 11.4 Å². The molecule has 0 bridgehead atoms. The van der Waals surface area contributed by atoms with Crippen molar-refractivity contribution in [3.8, 4) is 22.5 Å². The van der Waals surface area contributed by atoms with Crippen LogP contribution >= 0.6 is 34.8 Å². The van der Waals surface area contributed by atoms with Crippen molar-refractivity contribution in [3.05, 3.63) is 123 Å². The van der Waals surface area contributed by atoms with Crippen molar-refractivity contribution in [1.29, 1.82) is 0 Å². The zero-order chi connectivity index (χ0) is 38.9. The Morgan fingerprint density at radius 1 is 0.875 bits per heavy atom. The third kappa shape index (κ3) is 7.53. The number of aromatic amines is 1. The predicted molar refractivity (Wildman–Crippen MR) is 227 cm³/mol. The lowest BCUT2D eigenvalue weighted by Gasteiger charge is -2.42. The van der Waals surface area contributed by atoms with Crippen LogP contribution in [-0.4, -0.2) is 70.6 Å². The molecular formula is C44H43Cl3N6O3. The summed E-state index contributed by atoms with van der Waals surface area (Å²) in [5.74, 6) is -0.873. The lowest BCUT2D eigenvalue weighted by atomic mass is 9.94. The molecule has 4 aromatic carbocycles. The molecule has 9 nitrogen and oxygen atoms in total. The number of benzene rings is 4. The fourth-order valence-corrected chi connectivity index (χ4v) is 9.14. The summed E-state index contributed by atoms with van der Waals surface area (Å²) in [5.41, 5.74) is 6.48. The minimum absolute atomic E-state index is 0.302. The number of ether oxygens (including phenoxy) is 1. The van der Waals surface area contributed by atoms with Crippen molar-refractivity contribution in [2.75, 3.05) is 43.5 Å². The molecule has 0 unspecified atom stereocenters. The Kier molecular flexibility index (Phi) is 11.1. The second kappa shape index (κ2) is 16.4. The number of carbonyl (C=O) groups is 2. The van der Waals surface area contributed by atoms with E-state index in [1.54, 1.807) is 24.5 Å². The zero-order valence-corrected chi connectivity index (χ0v) is 33.6. The number of H-pyrrole nitrogens is 1. The molecule has 56 heavy (non-hydrogen) atoms. The van der Waals surface area contributed by atoms with E-state index in [4.69, 9.17) is 44.5 Å². The molecule has 1 amide bonds. The van der Waals surface area contributed by atoms with Gasteiger partial charge in [-0.05, 0) is 67.8 Å². The number of hydrogen-bond donors (Lipinski definition) is 2. The van der Waals surface area contributed by atoms with Crippen LogP contribution in [0.3, 0.4) is 0 Å². The second-order valence-corrected chi connectivity index (χ2v) is 15.9. The molecule has 0 spiro atoms. The number of halogens is 3. The van der Waals surface area contributed by atoms with E-state index in [9.17, 15) is 9.59 Å². The number of carbonyl (C=O) groups excluding carboxylic acids is 2. The van der Waals surface area contributed by atoms with Gasteiger partial charge in [-0.15, -0.1) is 0 Å². The highest BCUT2D eigenvalue weighted by Crippen LogP contribution is 2.43. The van der Waals surface area contributed by atoms with Crippen LogP contribution < -0.4 is 10.2 Å². The quantitative estimate of drug-likeness (QED) is 0.141. The second-order valence-electron chi connectivity index (χ2n) is 14.6. The average Bonchev–Trinajstić information content (AvgIpc) is 3.82. The van der Waals surface area contributed by atoms with Gasteiger partial charge >= 0.3 is 5.97 Å². The number of aromatic nitrogens is 3. The molecule has 288 valence electrons. The van der Waals surface area contributed by atoms with Gasteiger partial charge in [-0.3, -0.25) is 9.69 Å². The highest BCUT2D eigenvalue weighted by molar-refractivity contribution is 6.35. The maximum atomic E-state index is 14.9. The molecular weight excluding hydrogens is 767 g/mol. The average molecular weight is 810 g/mol. The van der Waals surface area contributed by atoms with Gasteiger partial charge < -0.3 is 24.5 Å². The molecule has 1 atom stereocenters. The SMILES string of the molecule is COC(=O)c1ccc(N2CCN(C3CCCCC3)CC2)c(NC(=O)c2[nH]c3cc(Cl)ccc3c2-c2c(-c3ccccc3)ncn2[C@@H](C)c2ccc(Cl)cc2Cl)c1. The van der Waals surface area contributed by atoms with E-state index in [0.29, 0.717) is 54.8 Å². The molecule has 2 N–H and O–H groups in total. The summed E-state index contributed by atoms with van der Waals surface area (Å²) in [5, 5.41) is 5.59. The van der Waals surface area contributed by atoms with Crippen LogP contribution in [0.2, 0.25) is 15.1 Å². The number of piperazine rings is 1. The van der Waals surface area contributed by atoms with E-state index in [0.717, 1.165) is 54.1 Å². The lowest BCUT2D eigenvalue weighted by molar-refractivity contribution is 0.0600. The molecule has 2 aliphatic rings. The Morgan fingerprint density at radius 3 is 2.34 bits per heavy atom. The number of nitrogens with zero attached hydrogens (tertiary/aromatic N) is 4. The van der Waals surface area contributed by atoms with Crippen LogP contribution in [0, 0.1) is 0 Å². The topological polar surface area (TPSA) is 95.5 Å². The summed E-state index contributed by atoms with van der Waals surface area (Å²) in [6.07, 6.45) is 8.20. The molecule has 12 heteroatoms. The monoisotopic (exact) mass is 808 g/mol. The van der Waals surface area contributed by atoms with Crippen LogP contribution in [-0.2, 0) is 4.74 Å². The van der Waals surface area contributed by atoms with Crippen LogP contribution in [0.5, 0.6) is 0 Å². The molecule has 3 heterocycles. The Balaban J connectivity index is 1.23. The van der Waals surface area contributed by atoms with Gasteiger partial charge in [-0.25, -0.2) is 9.78 Å². The first-order valence-corrected chi connectivity index (χ1v) is 20.2. The lowest BCUT2D eigenvalue weighted by Crippen LogP contribution is -2.51. The first-order valence-electron chi connectivity index (χ1n) is 19.1. The number of amides is 1. The minimum Gasteiger partial charge on any atom is -0.465 e. The van der Waals surface area contributed by atoms with Gasteiger partial charge in [-0.2, -0.15) is 0 Å². The van der Waals surface area contributed by atoms with Crippen molar-refractivity contribution in [3.63, 3.8) is 0 Å². The number of anilines is 2. The smallest absolute Gasteiger partial charge is 0.337 e. The highest BCUT2D eigenvalue weighted by Gasteiger charge is 2.30. The largest absolute Gasteiger partial charge is 0.465 e. The number of rotatable bonds is 9. The maximum absolute atomic E-state index is 14.9. The Hall–Kier alpha value is -4.80. The van der Waals surface area contributed by atoms with Crippen molar-refractivity contribution in [1.82, 2.24) is 19.4 Å². The Labute approximate surface area is 341 Å². The summed E-state index contributed by atoms with van der Waals surface area (Å²) < 4.78 is 7.13. The summed E-state index contributed by atoms with van der Waals surface area (Å²) in [7, 11) is 1.35. The Bertz CT molecular complexity index is 2400. The molecule has 2 aromatic heterocycles. The van der Waals surface area contributed by atoms with Crippen molar-refractivity contribution < 1.29 is 14.3 Å². The molecule has 2 fully saturated rings. The number of imidazole rings is 1. The summed E-state index contributed by atoms with van der Waals surface area (Å²) >= 11 is 19.6. The third-order valence-corrected chi connectivity index (χ3v) is 12.1. The first kappa shape index (κ1) is 38.1. The summed E-state index contributed by atoms with van der Waals surface area (Å²) in [6, 6.07) is 26.6. The van der Waals surface area contributed by atoms with Gasteiger partial charge in [0.05, 0.1) is 47.8 Å². The Morgan fingerprint density at radius 2 is 1.61 bits per heavy atom. The van der Waals surface area contributed by atoms with E-state index in [2.05, 4.69) is 20.1 Å². The number of esters is 1. The number of hydrogen-bond acceptors (Lipinski definition) is 6. The van der Waals surface area contributed by atoms with Crippen molar-refractivity contribution in [2.24, 2.45) is 0 Å². The minimum atomic E-state index is -0.485. The van der Waals surface area contributed by atoms with Gasteiger partial charge in [0, 0.05) is 69.3 Å². The molecule has 1 aliphatic carbocycles. The van der Waals surface area contributed by atoms with E-state index < -0.39 is 5.97 Å². The van der Waals surface area contributed by atoms with E-state index in [1.807, 2.05) is 78.2 Å². The number of fused-ring (bicyclic) bond motifs is 1. The highest BCUT2D eigenvalue weighted by atomic mass is 35.5. The maximum Gasteiger partial charge on any atom is 0.337 e. The van der Waals surface area contributed by atoms with Crippen LogP contribution in [0.25, 0.3) is 33.4 Å². The number of methoxy groups -OCH3 is 1. The summed E-state index contributed by atoms with van der Waals surface area (Å²) in [6.45, 7) is 5.52. The van der Waals surface area contributed by atoms with Gasteiger partial charge in [0.25, 0.3) is 5.91 Å². The third-order valence-electron chi connectivity index (χ3n) is 11.3. The van der Waals surface area contributed by atoms with Gasteiger partial charge in [0.15, 0.2) is 0 Å². The number of nitrogens with one attached hydrogen (secondary N) is 2. The van der Waals surface area contributed by atoms with Gasteiger partial charge in [-0.1, -0.05) is 96.5 Å². The molecule has 1 saturated carbocycles. The van der Waals surface area contributed by atoms with E-state index in [-0.39, 0.29) is 11.9 Å². The van der Waals surface area contributed by atoms with Crippen LogP contribution in [0.15, 0.2) is 91.3 Å². The van der Waals surface area contributed by atoms with E-state index in [1.165, 1.54) is 39.2 Å². The van der Waals surface area contributed by atoms with Crippen molar-refractivity contribution >= 4 is 69.0 Å². The fourth-order valence-electron chi connectivity index (χ4n) is 8.40. The van der Waals surface area contributed by atoms with Gasteiger partial charge in [0.1, 0.15) is 5.69 Å². The molecule has 1 aliphatic heterocycles. The summed E-state index contributed by atoms with van der Waals surface area (Å²) in [4.78, 5) is 41.0.